The number of carbonyl (C=O) groups excluding carboxylic acids is 1. The highest BCUT2D eigenvalue weighted by Crippen LogP contribution is 2.44. The van der Waals surface area contributed by atoms with E-state index in [-0.39, 0.29) is 44.3 Å². The Morgan fingerprint density at radius 3 is 2.61 bits per heavy atom. The normalized spacial score (nSPS) is 29.3. The number of ether oxygens (including phenoxy) is 5. The Morgan fingerprint density at radius 1 is 1.07 bits per heavy atom. The SMILES string of the molecule is CC1(C)O[C@@H]2C[C@@](OCc3cccc(C(F)(F)F)c3)(C(=O)NCC3CCCO3)CC(OCc3ccccc3F)[C@@H]2O1. The van der Waals surface area contributed by atoms with Crippen molar-refractivity contribution in [3.63, 3.8) is 0 Å². The minimum atomic E-state index is -4.52. The first-order valence-corrected chi connectivity index (χ1v) is 13.8. The molecule has 5 rings (SSSR count). The van der Waals surface area contributed by atoms with E-state index in [1.807, 2.05) is 0 Å². The smallest absolute Gasteiger partial charge is 0.376 e. The predicted molar refractivity (Wildman–Crippen MR) is 139 cm³/mol. The van der Waals surface area contributed by atoms with Crippen molar-refractivity contribution >= 4 is 5.91 Å². The Kier molecular flexibility index (Phi) is 8.73. The molecule has 3 aliphatic rings. The Balaban J connectivity index is 1.41. The highest BCUT2D eigenvalue weighted by atomic mass is 19.4. The monoisotopic (exact) mass is 581 g/mol. The van der Waals surface area contributed by atoms with Crippen LogP contribution in [0.4, 0.5) is 17.6 Å². The molecule has 3 fully saturated rings. The van der Waals surface area contributed by atoms with Gasteiger partial charge in [0.2, 0.25) is 0 Å². The van der Waals surface area contributed by atoms with Gasteiger partial charge in [-0.25, -0.2) is 4.39 Å². The van der Waals surface area contributed by atoms with Gasteiger partial charge < -0.3 is 29.0 Å². The molecular weight excluding hydrogens is 546 g/mol. The lowest BCUT2D eigenvalue weighted by Crippen LogP contribution is -2.60. The van der Waals surface area contributed by atoms with Gasteiger partial charge in [0.25, 0.3) is 5.91 Å². The van der Waals surface area contributed by atoms with Gasteiger partial charge in [-0.2, -0.15) is 13.2 Å². The van der Waals surface area contributed by atoms with Gasteiger partial charge in [-0.3, -0.25) is 4.79 Å². The number of hydrogen-bond donors (Lipinski definition) is 1. The number of fused-ring (bicyclic) bond motifs is 1. The molecule has 2 aromatic rings. The first kappa shape index (κ1) is 29.9. The van der Waals surface area contributed by atoms with Crippen LogP contribution in [0.2, 0.25) is 0 Å². The van der Waals surface area contributed by atoms with E-state index in [1.54, 1.807) is 32.0 Å². The summed E-state index contributed by atoms with van der Waals surface area (Å²) >= 11 is 0. The number of benzene rings is 2. The molecule has 1 amide bonds. The quantitative estimate of drug-likeness (QED) is 0.406. The van der Waals surface area contributed by atoms with Gasteiger partial charge in [-0.15, -0.1) is 0 Å². The van der Waals surface area contributed by atoms with E-state index in [1.165, 1.54) is 18.2 Å². The molecule has 0 spiro atoms. The minimum absolute atomic E-state index is 0.0262. The van der Waals surface area contributed by atoms with Gasteiger partial charge in [-0.1, -0.05) is 30.3 Å². The molecule has 0 aromatic heterocycles. The Labute approximate surface area is 236 Å². The molecule has 2 aromatic carbocycles. The molecule has 0 radical (unpaired) electrons. The summed E-state index contributed by atoms with van der Waals surface area (Å²) in [5.41, 5.74) is -1.72. The summed E-state index contributed by atoms with van der Waals surface area (Å²) in [6.45, 7) is 4.06. The number of alkyl halides is 3. The summed E-state index contributed by atoms with van der Waals surface area (Å²) in [7, 11) is 0. The maximum atomic E-state index is 14.4. The number of carbonyl (C=O) groups is 1. The molecule has 2 aliphatic heterocycles. The van der Waals surface area contributed by atoms with Crippen LogP contribution < -0.4 is 5.32 Å². The fraction of sp³-hybridized carbons (Fsp3) is 0.567. The number of hydrogen-bond acceptors (Lipinski definition) is 6. The van der Waals surface area contributed by atoms with Gasteiger partial charge in [0.1, 0.15) is 11.9 Å². The lowest BCUT2D eigenvalue weighted by molar-refractivity contribution is -0.184. The molecular formula is C30H35F4NO6. The van der Waals surface area contributed by atoms with Crippen LogP contribution in [0.15, 0.2) is 48.5 Å². The lowest BCUT2D eigenvalue weighted by atomic mass is 9.78. The number of nitrogens with one attached hydrogen (secondary N) is 1. The van der Waals surface area contributed by atoms with Crippen molar-refractivity contribution in [1.29, 1.82) is 0 Å². The van der Waals surface area contributed by atoms with E-state index in [0.29, 0.717) is 12.2 Å². The van der Waals surface area contributed by atoms with Crippen LogP contribution in [-0.4, -0.2) is 54.9 Å². The maximum Gasteiger partial charge on any atom is 0.416 e. The van der Waals surface area contributed by atoms with Crippen LogP contribution in [0.5, 0.6) is 0 Å². The highest BCUT2D eigenvalue weighted by molar-refractivity contribution is 5.85. The third kappa shape index (κ3) is 7.09. The molecule has 1 saturated carbocycles. The van der Waals surface area contributed by atoms with E-state index >= 15 is 0 Å². The zero-order chi connectivity index (χ0) is 29.3. The van der Waals surface area contributed by atoms with Gasteiger partial charge in [0, 0.05) is 31.6 Å². The second-order valence-corrected chi connectivity index (χ2v) is 11.3. The van der Waals surface area contributed by atoms with Gasteiger partial charge in [0.05, 0.1) is 37.1 Å². The van der Waals surface area contributed by atoms with E-state index in [4.69, 9.17) is 23.7 Å². The lowest BCUT2D eigenvalue weighted by Gasteiger charge is -2.43. The van der Waals surface area contributed by atoms with E-state index < -0.39 is 53.2 Å². The van der Waals surface area contributed by atoms with Crippen molar-refractivity contribution in [2.45, 2.75) is 94.7 Å². The summed E-state index contributed by atoms with van der Waals surface area (Å²) in [4.78, 5) is 13.9. The molecule has 41 heavy (non-hydrogen) atoms. The number of amides is 1. The second-order valence-electron chi connectivity index (χ2n) is 11.3. The van der Waals surface area contributed by atoms with Gasteiger partial charge in [0.15, 0.2) is 11.4 Å². The van der Waals surface area contributed by atoms with Crippen LogP contribution in [0.3, 0.4) is 0 Å². The Morgan fingerprint density at radius 2 is 1.88 bits per heavy atom. The Bertz CT molecular complexity index is 1220. The number of halogens is 4. The van der Waals surface area contributed by atoms with Gasteiger partial charge in [-0.05, 0) is 50.5 Å². The van der Waals surface area contributed by atoms with Crippen molar-refractivity contribution < 1.29 is 46.0 Å². The van der Waals surface area contributed by atoms with Crippen molar-refractivity contribution in [2.24, 2.45) is 0 Å². The van der Waals surface area contributed by atoms with Crippen LogP contribution in [0.1, 0.15) is 56.2 Å². The molecule has 0 bridgehead atoms. The van der Waals surface area contributed by atoms with Crippen molar-refractivity contribution in [2.75, 3.05) is 13.2 Å². The molecule has 5 atom stereocenters. The molecule has 1 N–H and O–H groups in total. The molecule has 11 heteroatoms. The fourth-order valence-corrected chi connectivity index (χ4v) is 5.75. The zero-order valence-corrected chi connectivity index (χ0v) is 23.0. The summed E-state index contributed by atoms with van der Waals surface area (Å²) < 4.78 is 84.8. The van der Waals surface area contributed by atoms with Gasteiger partial charge >= 0.3 is 6.18 Å². The topological polar surface area (TPSA) is 75.3 Å². The first-order chi connectivity index (χ1) is 19.4. The van der Waals surface area contributed by atoms with Crippen molar-refractivity contribution in [1.82, 2.24) is 5.32 Å². The van der Waals surface area contributed by atoms with Crippen LogP contribution in [0, 0.1) is 5.82 Å². The molecule has 1 aliphatic carbocycles. The summed E-state index contributed by atoms with van der Waals surface area (Å²) in [5, 5.41) is 2.93. The van der Waals surface area contributed by atoms with E-state index in [9.17, 15) is 22.4 Å². The van der Waals surface area contributed by atoms with Crippen LogP contribution >= 0.6 is 0 Å². The van der Waals surface area contributed by atoms with E-state index in [0.717, 1.165) is 25.0 Å². The second kappa shape index (κ2) is 12.0. The highest BCUT2D eigenvalue weighted by Gasteiger charge is 2.58. The summed E-state index contributed by atoms with van der Waals surface area (Å²) in [6.07, 6.45) is -4.73. The zero-order valence-electron chi connectivity index (χ0n) is 23.0. The average Bonchev–Trinajstić information content (AvgIpc) is 3.56. The molecule has 224 valence electrons. The third-order valence-electron chi connectivity index (χ3n) is 7.76. The summed E-state index contributed by atoms with van der Waals surface area (Å²) in [5.74, 6) is -1.84. The maximum absolute atomic E-state index is 14.4. The molecule has 2 unspecified atom stereocenters. The predicted octanol–water partition coefficient (Wildman–Crippen LogP) is 5.29. The van der Waals surface area contributed by atoms with Crippen molar-refractivity contribution in [3.05, 3.63) is 71.0 Å². The van der Waals surface area contributed by atoms with Crippen LogP contribution in [0.25, 0.3) is 0 Å². The minimum Gasteiger partial charge on any atom is -0.376 e. The Hall–Kier alpha value is -2.57. The van der Waals surface area contributed by atoms with Crippen LogP contribution in [-0.2, 0) is 47.9 Å². The first-order valence-electron chi connectivity index (χ1n) is 13.8. The molecule has 2 heterocycles. The van der Waals surface area contributed by atoms with Crippen molar-refractivity contribution in [3.8, 4) is 0 Å². The molecule has 2 saturated heterocycles. The molecule has 7 nitrogen and oxygen atoms in total. The third-order valence-corrected chi connectivity index (χ3v) is 7.76. The number of rotatable bonds is 9. The standard InChI is InChI=1S/C30H35F4NO6/c1-28(2)40-25-15-29(27(36)35-16-22-10-6-12-37-22,39-17-19-7-5-9-21(13-19)30(32,33)34)14-24(26(25)41-28)38-18-20-8-3-4-11-23(20)31/h3-5,7-9,11,13,22,24-26H,6,10,12,14-18H2,1-2H3,(H,35,36)/t22?,24?,25-,26+,29-/m1/s1. The largest absolute Gasteiger partial charge is 0.416 e. The average molecular weight is 582 g/mol. The fourth-order valence-electron chi connectivity index (χ4n) is 5.75. The van der Waals surface area contributed by atoms with E-state index in [2.05, 4.69) is 5.32 Å². The summed E-state index contributed by atoms with van der Waals surface area (Å²) in [6, 6.07) is 11.0.